The number of phenols is 1. The van der Waals surface area contributed by atoms with Crippen molar-refractivity contribution in [1.29, 1.82) is 0 Å². The predicted molar refractivity (Wildman–Crippen MR) is 111 cm³/mol. The Labute approximate surface area is 181 Å². The summed E-state index contributed by atoms with van der Waals surface area (Å²) >= 11 is 0. The van der Waals surface area contributed by atoms with Gasteiger partial charge in [-0.2, -0.15) is 0 Å². The lowest BCUT2D eigenvalue weighted by Crippen LogP contribution is -2.60. The fourth-order valence-corrected chi connectivity index (χ4v) is 3.50. The van der Waals surface area contributed by atoms with Gasteiger partial charge in [0.1, 0.15) is 58.4 Å². The van der Waals surface area contributed by atoms with Crippen LogP contribution in [0.5, 0.6) is 17.2 Å². The van der Waals surface area contributed by atoms with E-state index in [1.54, 1.807) is 12.1 Å². The highest BCUT2D eigenvalue weighted by molar-refractivity contribution is 5.86. The highest BCUT2D eigenvalue weighted by Gasteiger charge is 2.45. The number of methoxy groups -OCH3 is 1. The molecule has 0 radical (unpaired) electrons. The molecular weight excluding hydrogens is 424 g/mol. The van der Waals surface area contributed by atoms with Crippen molar-refractivity contribution < 1.29 is 44.2 Å². The van der Waals surface area contributed by atoms with E-state index in [9.17, 15) is 30.3 Å². The third-order valence-electron chi connectivity index (χ3n) is 5.25. The number of hydrogen-bond acceptors (Lipinski definition) is 10. The van der Waals surface area contributed by atoms with E-state index in [-0.39, 0.29) is 34.0 Å². The van der Waals surface area contributed by atoms with E-state index >= 15 is 0 Å². The Morgan fingerprint density at radius 2 is 1.72 bits per heavy atom. The number of phenolic OH excluding ortho intramolecular Hbond substituents is 1. The minimum atomic E-state index is -1.66. The molecule has 1 aliphatic heterocycles. The van der Waals surface area contributed by atoms with Crippen LogP contribution in [0.4, 0.5) is 0 Å². The largest absolute Gasteiger partial charge is 0.508 e. The highest BCUT2D eigenvalue weighted by Crippen LogP contribution is 2.34. The third-order valence-corrected chi connectivity index (χ3v) is 5.25. The smallest absolute Gasteiger partial charge is 0.229 e. The zero-order chi connectivity index (χ0) is 23.0. The molecule has 4 rings (SSSR count). The number of hydrogen-bond donors (Lipinski definition) is 5. The van der Waals surface area contributed by atoms with Gasteiger partial charge in [0.25, 0.3) is 0 Å². The van der Waals surface area contributed by atoms with Crippen LogP contribution >= 0.6 is 0 Å². The van der Waals surface area contributed by atoms with Crippen LogP contribution < -0.4 is 14.9 Å². The van der Waals surface area contributed by atoms with Gasteiger partial charge in [-0.1, -0.05) is 0 Å². The topological polar surface area (TPSA) is 159 Å². The van der Waals surface area contributed by atoms with Gasteiger partial charge < -0.3 is 44.2 Å². The van der Waals surface area contributed by atoms with Crippen molar-refractivity contribution in [2.75, 3.05) is 13.7 Å². The van der Waals surface area contributed by atoms with Gasteiger partial charge in [-0.05, 0) is 24.3 Å². The number of aliphatic hydroxyl groups excluding tert-OH is 4. The number of aliphatic hydroxyl groups is 4. The first kappa shape index (κ1) is 22.1. The van der Waals surface area contributed by atoms with Crippen LogP contribution in [-0.2, 0) is 4.74 Å². The van der Waals surface area contributed by atoms with Crippen molar-refractivity contribution >= 4 is 11.0 Å². The fourth-order valence-electron chi connectivity index (χ4n) is 3.50. The molecule has 1 aliphatic rings. The van der Waals surface area contributed by atoms with Crippen LogP contribution in [0, 0.1) is 0 Å². The zero-order valence-corrected chi connectivity index (χ0v) is 16.9. The maximum atomic E-state index is 13.0. The van der Waals surface area contributed by atoms with Crippen molar-refractivity contribution in [3.8, 4) is 28.6 Å². The Hall–Kier alpha value is -3.15. The van der Waals surface area contributed by atoms with Gasteiger partial charge in [-0.15, -0.1) is 0 Å². The van der Waals surface area contributed by atoms with Crippen LogP contribution in [0.25, 0.3) is 22.3 Å². The molecule has 5 N–H and O–H groups in total. The van der Waals surface area contributed by atoms with Crippen molar-refractivity contribution in [3.05, 3.63) is 52.7 Å². The summed E-state index contributed by atoms with van der Waals surface area (Å²) in [5.41, 5.74) is 0.220. The van der Waals surface area contributed by atoms with E-state index in [2.05, 4.69) is 0 Å². The van der Waals surface area contributed by atoms with Crippen LogP contribution in [0.15, 0.2) is 51.7 Å². The predicted octanol–water partition coefficient (Wildman–Crippen LogP) is 0.353. The van der Waals surface area contributed by atoms with Gasteiger partial charge in [0.05, 0.1) is 13.7 Å². The summed E-state index contributed by atoms with van der Waals surface area (Å²) in [6.07, 6.45) is -7.50. The van der Waals surface area contributed by atoms with Crippen LogP contribution in [0.3, 0.4) is 0 Å². The molecule has 3 aromatic rings. The van der Waals surface area contributed by atoms with E-state index in [0.717, 1.165) is 0 Å². The number of rotatable bonds is 5. The monoisotopic (exact) mass is 446 g/mol. The van der Waals surface area contributed by atoms with Crippen molar-refractivity contribution in [3.63, 3.8) is 0 Å². The van der Waals surface area contributed by atoms with Crippen molar-refractivity contribution in [2.24, 2.45) is 0 Å². The average Bonchev–Trinajstić information content (AvgIpc) is 2.79. The Morgan fingerprint density at radius 3 is 2.38 bits per heavy atom. The van der Waals surface area contributed by atoms with Crippen molar-refractivity contribution in [1.82, 2.24) is 0 Å². The summed E-state index contributed by atoms with van der Waals surface area (Å²) < 4.78 is 22.2. The van der Waals surface area contributed by atoms with E-state index in [1.165, 1.54) is 37.4 Å². The summed E-state index contributed by atoms with van der Waals surface area (Å²) in [4.78, 5) is 13.0. The third kappa shape index (κ3) is 4.01. The van der Waals surface area contributed by atoms with Gasteiger partial charge >= 0.3 is 0 Å². The van der Waals surface area contributed by atoms with E-state index in [1.807, 2.05) is 0 Å². The second kappa shape index (κ2) is 8.77. The van der Waals surface area contributed by atoms with Crippen LogP contribution in [0.1, 0.15) is 0 Å². The van der Waals surface area contributed by atoms with E-state index < -0.39 is 42.7 Å². The Morgan fingerprint density at radius 1 is 1.00 bits per heavy atom. The molecule has 5 atom stereocenters. The number of fused-ring (bicyclic) bond motifs is 1. The zero-order valence-electron chi connectivity index (χ0n) is 16.9. The normalized spacial score (nSPS) is 25.6. The molecule has 0 saturated carbocycles. The van der Waals surface area contributed by atoms with Gasteiger partial charge in [0.2, 0.25) is 6.29 Å². The molecule has 0 unspecified atom stereocenters. The molecule has 0 amide bonds. The quantitative estimate of drug-likeness (QED) is 0.370. The molecule has 0 bridgehead atoms. The summed E-state index contributed by atoms with van der Waals surface area (Å²) in [7, 11) is 1.40. The molecule has 2 aromatic carbocycles. The molecule has 1 fully saturated rings. The molecule has 2 heterocycles. The van der Waals surface area contributed by atoms with Gasteiger partial charge in [-0.25, -0.2) is 0 Å². The van der Waals surface area contributed by atoms with E-state index in [0.29, 0.717) is 5.56 Å². The molecule has 1 aromatic heterocycles. The minimum absolute atomic E-state index is 0.0327. The first-order chi connectivity index (χ1) is 15.3. The van der Waals surface area contributed by atoms with Crippen LogP contribution in [0.2, 0.25) is 0 Å². The van der Waals surface area contributed by atoms with Crippen LogP contribution in [-0.4, -0.2) is 70.0 Å². The van der Waals surface area contributed by atoms with Crippen molar-refractivity contribution in [2.45, 2.75) is 30.7 Å². The first-order valence-electron chi connectivity index (χ1n) is 9.75. The summed E-state index contributed by atoms with van der Waals surface area (Å²) in [6.45, 7) is -0.623. The second-order valence-corrected chi connectivity index (χ2v) is 7.34. The molecule has 0 aliphatic carbocycles. The highest BCUT2D eigenvalue weighted by atomic mass is 16.7. The maximum Gasteiger partial charge on any atom is 0.229 e. The van der Waals surface area contributed by atoms with E-state index in [4.69, 9.17) is 18.6 Å². The standard InChI is InChI=1S/C22H22O10/c1-29-12-6-15-18(13(25)8-14(30-15)10-2-4-11(24)5-3-10)16(7-12)31-22-21(28)20(27)19(26)17(9-23)32-22/h2-8,17,19-24,26-28H,9H2,1H3/t17-,19-,20+,21-,22+/m1/s1. The summed E-state index contributed by atoms with van der Waals surface area (Å²) in [5.74, 6) is 0.543. The lowest BCUT2D eigenvalue weighted by atomic mass is 9.99. The number of benzene rings is 2. The van der Waals surface area contributed by atoms with Gasteiger partial charge in [0, 0.05) is 23.8 Å². The Balaban J connectivity index is 1.77. The average molecular weight is 446 g/mol. The number of ether oxygens (including phenoxy) is 3. The minimum Gasteiger partial charge on any atom is -0.508 e. The Bertz CT molecular complexity index is 1150. The Kier molecular flexibility index (Phi) is 6.04. The molecular formula is C22H22O10. The maximum absolute atomic E-state index is 13.0. The molecule has 170 valence electrons. The first-order valence-corrected chi connectivity index (χ1v) is 9.75. The summed E-state index contributed by atoms with van der Waals surface area (Å²) in [5, 5.41) is 49.1. The molecule has 10 heteroatoms. The molecule has 10 nitrogen and oxygen atoms in total. The SMILES string of the molecule is COc1cc(O[C@H]2O[C@H](CO)[C@@H](O)[C@H](O)[C@H]2O)c2c(=O)cc(-c3ccc(O)cc3)oc2c1. The fraction of sp³-hybridized carbons (Fsp3) is 0.318. The second-order valence-electron chi connectivity index (χ2n) is 7.34. The molecule has 1 saturated heterocycles. The lowest BCUT2D eigenvalue weighted by Gasteiger charge is -2.39. The number of aromatic hydroxyl groups is 1. The van der Waals surface area contributed by atoms with Gasteiger partial charge in [0.15, 0.2) is 5.43 Å². The van der Waals surface area contributed by atoms with Gasteiger partial charge in [-0.3, -0.25) is 4.79 Å². The summed E-state index contributed by atoms with van der Waals surface area (Å²) in [6, 6.07) is 10.2. The lowest BCUT2D eigenvalue weighted by molar-refractivity contribution is -0.277. The molecule has 0 spiro atoms. The molecule has 32 heavy (non-hydrogen) atoms.